The largest absolute Gasteiger partial charge is 0.393 e. The van der Waals surface area contributed by atoms with Crippen molar-refractivity contribution in [2.24, 2.45) is 23.2 Å². The molecule has 1 nitrogen and oxygen atoms in total. The van der Waals surface area contributed by atoms with Gasteiger partial charge < -0.3 is 5.11 Å². The van der Waals surface area contributed by atoms with Gasteiger partial charge in [-0.15, -0.1) is 0 Å². The van der Waals surface area contributed by atoms with Crippen LogP contribution in [0.25, 0.3) is 0 Å². The molecule has 0 saturated heterocycles. The van der Waals surface area contributed by atoms with E-state index in [1.807, 2.05) is 0 Å². The Morgan fingerprint density at radius 3 is 2.24 bits per heavy atom. The molecule has 2 rings (SSSR count). The molecule has 1 N–H and O–H groups in total. The summed E-state index contributed by atoms with van der Waals surface area (Å²) in [4.78, 5) is 0. The molecule has 0 amide bonds. The minimum atomic E-state index is -0.0298. The van der Waals surface area contributed by atoms with Crippen molar-refractivity contribution in [3.8, 4) is 0 Å². The van der Waals surface area contributed by atoms with Crippen molar-refractivity contribution in [3.63, 3.8) is 0 Å². The first-order valence-corrected chi connectivity index (χ1v) is 7.69. The summed E-state index contributed by atoms with van der Waals surface area (Å²) in [5.74, 6) is 2.03. The van der Waals surface area contributed by atoms with E-state index >= 15 is 0 Å². The van der Waals surface area contributed by atoms with Crippen molar-refractivity contribution in [1.29, 1.82) is 0 Å². The Kier molecular flexibility index (Phi) is 4.18. The van der Waals surface area contributed by atoms with E-state index in [-0.39, 0.29) is 6.10 Å². The zero-order valence-electron chi connectivity index (χ0n) is 11.9. The van der Waals surface area contributed by atoms with E-state index in [1.54, 1.807) is 0 Å². The van der Waals surface area contributed by atoms with Gasteiger partial charge in [-0.2, -0.15) is 0 Å². The highest BCUT2D eigenvalue weighted by molar-refractivity contribution is 4.90. The van der Waals surface area contributed by atoms with E-state index in [1.165, 1.54) is 51.4 Å². The molecular formula is C16H30O. The minimum absolute atomic E-state index is 0.0298. The second kappa shape index (κ2) is 5.30. The average Bonchev–Trinajstić information content (AvgIpc) is 2.28. The van der Waals surface area contributed by atoms with Crippen LogP contribution in [0.2, 0.25) is 0 Å². The van der Waals surface area contributed by atoms with Crippen LogP contribution < -0.4 is 0 Å². The van der Waals surface area contributed by atoms with Crippen molar-refractivity contribution >= 4 is 0 Å². The maximum absolute atomic E-state index is 10.7. The highest BCUT2D eigenvalue weighted by Gasteiger charge is 2.40. The fourth-order valence-electron chi connectivity index (χ4n) is 4.11. The second-order valence-electron chi connectivity index (χ2n) is 7.35. The van der Waals surface area contributed by atoms with Gasteiger partial charge >= 0.3 is 0 Å². The van der Waals surface area contributed by atoms with Gasteiger partial charge in [-0.3, -0.25) is 0 Å². The molecule has 2 aliphatic carbocycles. The Labute approximate surface area is 107 Å². The molecule has 2 unspecified atom stereocenters. The summed E-state index contributed by atoms with van der Waals surface area (Å²) in [7, 11) is 0. The molecule has 0 aromatic heterocycles. The molecule has 2 atom stereocenters. The lowest BCUT2D eigenvalue weighted by atomic mass is 9.63. The van der Waals surface area contributed by atoms with Crippen LogP contribution in [0.4, 0.5) is 0 Å². The monoisotopic (exact) mass is 238 g/mol. The van der Waals surface area contributed by atoms with Crippen LogP contribution in [0.15, 0.2) is 0 Å². The van der Waals surface area contributed by atoms with Gasteiger partial charge in [0.1, 0.15) is 0 Å². The Morgan fingerprint density at radius 2 is 1.65 bits per heavy atom. The SMILES string of the molecule is CC1CCC(C(O)C2CCCCC2(C)C)CC1. The lowest BCUT2D eigenvalue weighted by molar-refractivity contribution is -0.0406. The molecule has 0 bridgehead atoms. The van der Waals surface area contributed by atoms with E-state index in [0.717, 1.165) is 5.92 Å². The topological polar surface area (TPSA) is 20.2 Å². The summed E-state index contributed by atoms with van der Waals surface area (Å²) >= 11 is 0. The van der Waals surface area contributed by atoms with E-state index in [9.17, 15) is 5.11 Å². The quantitative estimate of drug-likeness (QED) is 0.756. The Balaban J connectivity index is 1.96. The van der Waals surface area contributed by atoms with E-state index < -0.39 is 0 Å². The van der Waals surface area contributed by atoms with E-state index in [4.69, 9.17) is 0 Å². The molecule has 0 aromatic carbocycles. The predicted octanol–water partition coefficient (Wildman–Crippen LogP) is 4.39. The molecule has 0 aliphatic heterocycles. The third-order valence-corrected chi connectivity index (χ3v) is 5.55. The zero-order chi connectivity index (χ0) is 12.5. The maximum Gasteiger partial charge on any atom is 0.0601 e. The van der Waals surface area contributed by atoms with Crippen LogP contribution in [0.3, 0.4) is 0 Å². The summed E-state index contributed by atoms with van der Waals surface area (Å²) in [6, 6.07) is 0. The minimum Gasteiger partial charge on any atom is -0.393 e. The molecule has 2 aliphatic rings. The van der Waals surface area contributed by atoms with E-state index in [2.05, 4.69) is 20.8 Å². The lowest BCUT2D eigenvalue weighted by Gasteiger charge is -2.44. The summed E-state index contributed by atoms with van der Waals surface area (Å²) in [5, 5.41) is 10.7. The molecule has 1 heteroatoms. The second-order valence-corrected chi connectivity index (χ2v) is 7.35. The van der Waals surface area contributed by atoms with Crippen LogP contribution in [0, 0.1) is 23.2 Å². The fourth-order valence-corrected chi connectivity index (χ4v) is 4.11. The van der Waals surface area contributed by atoms with Crippen molar-refractivity contribution in [2.75, 3.05) is 0 Å². The molecule has 0 aromatic rings. The van der Waals surface area contributed by atoms with Crippen molar-refractivity contribution < 1.29 is 5.11 Å². The van der Waals surface area contributed by atoms with Gasteiger partial charge in [0.05, 0.1) is 6.10 Å². The zero-order valence-corrected chi connectivity index (χ0v) is 11.9. The third-order valence-electron chi connectivity index (χ3n) is 5.55. The van der Waals surface area contributed by atoms with Crippen molar-refractivity contribution in [3.05, 3.63) is 0 Å². The highest BCUT2D eigenvalue weighted by atomic mass is 16.3. The first-order valence-electron chi connectivity index (χ1n) is 7.69. The molecule has 100 valence electrons. The number of aliphatic hydroxyl groups is 1. The summed E-state index contributed by atoms with van der Waals surface area (Å²) in [6.45, 7) is 7.09. The predicted molar refractivity (Wildman–Crippen MR) is 72.9 cm³/mol. The van der Waals surface area contributed by atoms with Gasteiger partial charge in [-0.05, 0) is 48.9 Å². The maximum atomic E-state index is 10.7. The van der Waals surface area contributed by atoms with Crippen LogP contribution in [0.1, 0.15) is 72.1 Å². The van der Waals surface area contributed by atoms with Gasteiger partial charge in [0.2, 0.25) is 0 Å². The van der Waals surface area contributed by atoms with Crippen molar-refractivity contribution in [1.82, 2.24) is 0 Å². The van der Waals surface area contributed by atoms with Crippen LogP contribution in [-0.4, -0.2) is 11.2 Å². The van der Waals surface area contributed by atoms with E-state index in [0.29, 0.717) is 17.3 Å². The first-order chi connectivity index (χ1) is 8.00. The Hall–Kier alpha value is -0.0400. The van der Waals surface area contributed by atoms with Gasteiger partial charge in [-0.1, -0.05) is 46.5 Å². The smallest absolute Gasteiger partial charge is 0.0601 e. The van der Waals surface area contributed by atoms with Crippen LogP contribution >= 0.6 is 0 Å². The lowest BCUT2D eigenvalue weighted by Crippen LogP contribution is -2.41. The molecule has 2 saturated carbocycles. The van der Waals surface area contributed by atoms with Gasteiger partial charge in [0, 0.05) is 0 Å². The third kappa shape index (κ3) is 3.05. The number of aliphatic hydroxyl groups excluding tert-OH is 1. The number of hydrogen-bond acceptors (Lipinski definition) is 1. The first kappa shape index (κ1) is 13.4. The summed E-state index contributed by atoms with van der Waals surface area (Å²) in [6.07, 6.45) is 10.4. The van der Waals surface area contributed by atoms with Gasteiger partial charge in [0.15, 0.2) is 0 Å². The van der Waals surface area contributed by atoms with Gasteiger partial charge in [0.25, 0.3) is 0 Å². The summed E-state index contributed by atoms with van der Waals surface area (Å²) < 4.78 is 0. The number of hydrogen-bond donors (Lipinski definition) is 1. The number of rotatable bonds is 2. The van der Waals surface area contributed by atoms with Crippen molar-refractivity contribution in [2.45, 2.75) is 78.2 Å². The Bertz CT molecular complexity index is 238. The van der Waals surface area contributed by atoms with Crippen LogP contribution in [0.5, 0.6) is 0 Å². The molecule has 0 spiro atoms. The molecule has 2 fully saturated rings. The average molecular weight is 238 g/mol. The van der Waals surface area contributed by atoms with Gasteiger partial charge in [-0.25, -0.2) is 0 Å². The molecular weight excluding hydrogens is 208 g/mol. The highest BCUT2D eigenvalue weighted by Crippen LogP contribution is 2.46. The molecule has 17 heavy (non-hydrogen) atoms. The Morgan fingerprint density at radius 1 is 1.00 bits per heavy atom. The summed E-state index contributed by atoms with van der Waals surface area (Å²) in [5.41, 5.74) is 0.362. The molecule has 0 heterocycles. The fraction of sp³-hybridized carbons (Fsp3) is 1.00. The molecule has 0 radical (unpaired) electrons. The standard InChI is InChI=1S/C16H30O/c1-12-7-9-13(10-8-12)15(17)14-6-4-5-11-16(14,2)3/h12-15,17H,4-11H2,1-3H3. The van der Waals surface area contributed by atoms with Crippen LogP contribution in [-0.2, 0) is 0 Å². The normalized spacial score (nSPS) is 39.9.